The minimum Gasteiger partial charge on any atom is -0.333 e. The number of amides is 1. The van der Waals surface area contributed by atoms with Crippen molar-refractivity contribution in [3.63, 3.8) is 0 Å². The van der Waals surface area contributed by atoms with Crippen LogP contribution in [0.2, 0.25) is 0 Å². The molecule has 4 rings (SSSR count). The van der Waals surface area contributed by atoms with E-state index in [0.717, 1.165) is 71.0 Å². The van der Waals surface area contributed by atoms with E-state index < -0.39 is 0 Å². The highest BCUT2D eigenvalue weighted by Crippen LogP contribution is 2.40. The third kappa shape index (κ3) is 3.17. The number of aromatic nitrogens is 3. The minimum atomic E-state index is -0.0860. The number of piperidine rings is 1. The number of carbonyl (C=O) groups is 1. The van der Waals surface area contributed by atoms with Gasteiger partial charge in [-0.2, -0.15) is 0 Å². The maximum absolute atomic E-state index is 13.1. The van der Waals surface area contributed by atoms with E-state index in [1.54, 1.807) is 0 Å². The van der Waals surface area contributed by atoms with Crippen molar-refractivity contribution in [3.8, 4) is 0 Å². The molecule has 0 aromatic carbocycles. The molecule has 0 unspecified atom stereocenters. The highest BCUT2D eigenvalue weighted by molar-refractivity contribution is 5.91. The van der Waals surface area contributed by atoms with Crippen molar-refractivity contribution in [2.75, 3.05) is 59.9 Å². The highest BCUT2D eigenvalue weighted by Gasteiger charge is 2.47. The van der Waals surface area contributed by atoms with Crippen LogP contribution >= 0.6 is 0 Å². The second kappa shape index (κ2) is 7.14. The number of hydrogen-bond acceptors (Lipinski definition) is 6. The van der Waals surface area contributed by atoms with Crippen LogP contribution in [-0.2, 0) is 12.1 Å². The van der Waals surface area contributed by atoms with E-state index in [2.05, 4.69) is 57.4 Å². The molecule has 0 bridgehead atoms. The molecular formula is C19H33N7O. The zero-order chi connectivity index (χ0) is 19.2. The molecule has 2 fully saturated rings. The highest BCUT2D eigenvalue weighted by atomic mass is 16.2. The topological polar surface area (TPSA) is 60.7 Å². The van der Waals surface area contributed by atoms with Gasteiger partial charge in [-0.15, -0.1) is 10.2 Å². The van der Waals surface area contributed by atoms with Gasteiger partial charge < -0.3 is 19.3 Å². The van der Waals surface area contributed by atoms with Crippen LogP contribution in [0.4, 0.5) is 0 Å². The summed E-state index contributed by atoms with van der Waals surface area (Å²) in [5, 5.41) is 8.98. The van der Waals surface area contributed by atoms with Crippen LogP contribution in [-0.4, -0.2) is 106 Å². The van der Waals surface area contributed by atoms with Crippen LogP contribution in [0, 0.1) is 0 Å². The van der Waals surface area contributed by atoms with Crippen LogP contribution in [0.25, 0.3) is 0 Å². The number of carbonyl (C=O) groups excluding carboxylic acids is 1. The molecule has 27 heavy (non-hydrogen) atoms. The minimum absolute atomic E-state index is 0.0427. The first-order valence-corrected chi connectivity index (χ1v) is 10.3. The summed E-state index contributed by atoms with van der Waals surface area (Å²) in [7, 11) is 4.30. The Kier molecular flexibility index (Phi) is 4.98. The molecular weight excluding hydrogens is 342 g/mol. The summed E-state index contributed by atoms with van der Waals surface area (Å²) >= 11 is 0. The Balaban J connectivity index is 1.59. The number of nitrogens with zero attached hydrogens (tertiary/aromatic N) is 7. The molecule has 0 aliphatic carbocycles. The van der Waals surface area contributed by atoms with Crippen molar-refractivity contribution in [1.29, 1.82) is 0 Å². The van der Waals surface area contributed by atoms with Gasteiger partial charge >= 0.3 is 0 Å². The van der Waals surface area contributed by atoms with E-state index in [9.17, 15) is 4.79 Å². The molecule has 8 nitrogen and oxygen atoms in total. The SMILES string of the molecule is CC(C)N1CCC2(CC1)c1nnc(C(=O)N3CCN(C)CC3)n1CCN2C. The first kappa shape index (κ1) is 18.8. The van der Waals surface area contributed by atoms with Crippen molar-refractivity contribution in [1.82, 2.24) is 34.4 Å². The maximum Gasteiger partial charge on any atom is 0.291 e. The molecule has 4 heterocycles. The Bertz CT molecular complexity index is 684. The molecule has 1 aromatic rings. The molecule has 0 atom stereocenters. The zero-order valence-electron chi connectivity index (χ0n) is 17.2. The summed E-state index contributed by atoms with van der Waals surface area (Å²) in [6.07, 6.45) is 2.09. The monoisotopic (exact) mass is 375 g/mol. The number of rotatable bonds is 2. The number of likely N-dealkylation sites (tertiary alicyclic amines) is 1. The fourth-order valence-corrected chi connectivity index (χ4v) is 4.82. The van der Waals surface area contributed by atoms with E-state index in [1.165, 1.54) is 0 Å². The third-order valence-electron chi connectivity index (χ3n) is 6.89. The molecule has 2 saturated heterocycles. The Morgan fingerprint density at radius 1 is 0.926 bits per heavy atom. The molecule has 3 aliphatic rings. The zero-order valence-corrected chi connectivity index (χ0v) is 17.2. The number of fused-ring (bicyclic) bond motifs is 2. The Labute approximate surface area is 162 Å². The van der Waals surface area contributed by atoms with Gasteiger partial charge in [0.1, 0.15) is 0 Å². The Morgan fingerprint density at radius 3 is 2.22 bits per heavy atom. The third-order valence-corrected chi connectivity index (χ3v) is 6.89. The van der Waals surface area contributed by atoms with Gasteiger partial charge in [-0.3, -0.25) is 9.69 Å². The van der Waals surface area contributed by atoms with E-state index in [1.807, 2.05) is 4.90 Å². The van der Waals surface area contributed by atoms with Gasteiger partial charge in [-0.05, 0) is 40.8 Å². The molecule has 8 heteroatoms. The van der Waals surface area contributed by atoms with E-state index in [0.29, 0.717) is 11.9 Å². The van der Waals surface area contributed by atoms with E-state index in [-0.39, 0.29) is 11.4 Å². The first-order chi connectivity index (χ1) is 12.9. The molecule has 0 saturated carbocycles. The largest absolute Gasteiger partial charge is 0.333 e. The number of hydrogen-bond donors (Lipinski definition) is 0. The average molecular weight is 376 g/mol. The lowest BCUT2D eigenvalue weighted by molar-refractivity contribution is 0.000152. The van der Waals surface area contributed by atoms with Crippen molar-refractivity contribution < 1.29 is 4.79 Å². The fraction of sp³-hybridized carbons (Fsp3) is 0.842. The predicted molar refractivity (Wildman–Crippen MR) is 104 cm³/mol. The van der Waals surface area contributed by atoms with Crippen molar-refractivity contribution in [2.45, 2.75) is 44.8 Å². The van der Waals surface area contributed by atoms with Crippen LogP contribution in [0.3, 0.4) is 0 Å². The van der Waals surface area contributed by atoms with E-state index in [4.69, 9.17) is 0 Å². The number of piperazine rings is 1. The van der Waals surface area contributed by atoms with Gasteiger partial charge in [0.15, 0.2) is 5.82 Å². The molecule has 1 spiro atoms. The molecule has 150 valence electrons. The molecule has 1 amide bonds. The van der Waals surface area contributed by atoms with Gasteiger partial charge in [0.25, 0.3) is 5.91 Å². The van der Waals surface area contributed by atoms with Gasteiger partial charge in [-0.25, -0.2) is 0 Å². The lowest BCUT2D eigenvalue weighted by Crippen LogP contribution is -2.57. The fourth-order valence-electron chi connectivity index (χ4n) is 4.82. The first-order valence-electron chi connectivity index (χ1n) is 10.3. The van der Waals surface area contributed by atoms with Crippen LogP contribution in [0.1, 0.15) is 43.1 Å². The van der Waals surface area contributed by atoms with Gasteiger partial charge in [0.05, 0.1) is 5.54 Å². The van der Waals surface area contributed by atoms with Crippen molar-refractivity contribution in [3.05, 3.63) is 11.6 Å². The smallest absolute Gasteiger partial charge is 0.291 e. The van der Waals surface area contributed by atoms with Crippen LogP contribution in [0.15, 0.2) is 0 Å². The summed E-state index contributed by atoms with van der Waals surface area (Å²) < 4.78 is 2.12. The standard InChI is InChI=1S/C19H33N7O/c1-15(2)24-7-5-19(6-8-24)18-21-20-16(26(18)14-11-23(19)4)17(27)25-12-9-22(3)10-13-25/h15H,5-14H2,1-4H3. The van der Waals surface area contributed by atoms with Gasteiger partial charge in [0.2, 0.25) is 5.82 Å². The quantitative estimate of drug-likeness (QED) is 0.742. The van der Waals surface area contributed by atoms with Crippen molar-refractivity contribution >= 4 is 5.91 Å². The number of likely N-dealkylation sites (N-methyl/N-ethyl adjacent to an activating group) is 2. The lowest BCUT2D eigenvalue weighted by atomic mass is 9.83. The summed E-state index contributed by atoms with van der Waals surface area (Å²) in [5.74, 6) is 1.58. The van der Waals surface area contributed by atoms with Gasteiger partial charge in [0, 0.05) is 58.4 Å². The predicted octanol–water partition coefficient (Wildman–Crippen LogP) is 0.311. The second-order valence-corrected chi connectivity index (χ2v) is 8.68. The maximum atomic E-state index is 13.1. The van der Waals surface area contributed by atoms with Crippen LogP contribution in [0.5, 0.6) is 0 Å². The Morgan fingerprint density at radius 2 is 1.59 bits per heavy atom. The molecule has 3 aliphatic heterocycles. The summed E-state index contributed by atoms with van der Waals surface area (Å²) in [6, 6.07) is 0.573. The second-order valence-electron chi connectivity index (χ2n) is 8.68. The summed E-state index contributed by atoms with van der Waals surface area (Å²) in [4.78, 5) is 22.3. The summed E-state index contributed by atoms with van der Waals surface area (Å²) in [5.41, 5.74) is -0.0860. The Hall–Kier alpha value is -1.51. The molecule has 0 radical (unpaired) electrons. The molecule has 0 N–H and O–H groups in total. The normalized spacial score (nSPS) is 24.6. The van der Waals surface area contributed by atoms with Crippen molar-refractivity contribution in [2.24, 2.45) is 0 Å². The summed E-state index contributed by atoms with van der Waals surface area (Å²) in [6.45, 7) is 11.8. The van der Waals surface area contributed by atoms with Gasteiger partial charge in [-0.1, -0.05) is 0 Å². The van der Waals surface area contributed by atoms with Crippen LogP contribution < -0.4 is 0 Å². The lowest BCUT2D eigenvalue weighted by Gasteiger charge is -2.49. The average Bonchev–Trinajstić information content (AvgIpc) is 3.10. The van der Waals surface area contributed by atoms with E-state index >= 15 is 0 Å². The molecule has 1 aromatic heterocycles.